The van der Waals surface area contributed by atoms with E-state index >= 15 is 0 Å². The second kappa shape index (κ2) is 7.67. The molecule has 2 aromatic carbocycles. The molecule has 3 nitrogen and oxygen atoms in total. The van der Waals surface area contributed by atoms with Crippen LogP contribution in [0.3, 0.4) is 0 Å². The molecule has 23 heavy (non-hydrogen) atoms. The fraction of sp³-hybridized carbons (Fsp3) is 0.250. The van der Waals surface area contributed by atoms with Crippen molar-refractivity contribution in [2.75, 3.05) is 0 Å². The van der Waals surface area contributed by atoms with E-state index in [1.165, 1.54) is 9.13 Å². The summed E-state index contributed by atoms with van der Waals surface area (Å²) in [6.07, 6.45) is 0. The Hall–Kier alpha value is -1.06. The first kappa shape index (κ1) is 20.0. The summed E-state index contributed by atoms with van der Waals surface area (Å²) in [6.45, 7) is 6.69. The van der Waals surface area contributed by atoms with E-state index in [1.807, 2.05) is 0 Å². The Bertz CT molecular complexity index is 767. The number of halogens is 3. The molecule has 0 bridgehead atoms. The average Bonchev–Trinajstić information content (AvgIpc) is 2.37. The highest BCUT2D eigenvalue weighted by Crippen LogP contribution is 2.22. The summed E-state index contributed by atoms with van der Waals surface area (Å²) in [4.78, 5) is -0.927. The van der Waals surface area contributed by atoms with E-state index in [0.717, 1.165) is 6.07 Å². The summed E-state index contributed by atoms with van der Waals surface area (Å²) in [5.41, 5.74) is 1.68. The molecule has 0 aromatic heterocycles. The van der Waals surface area contributed by atoms with Crippen LogP contribution < -0.4 is 0 Å². The number of benzene rings is 2. The Labute approximate surface area is 148 Å². The van der Waals surface area contributed by atoms with E-state index in [2.05, 4.69) is 67.6 Å². The summed E-state index contributed by atoms with van der Waals surface area (Å²) in [5.74, 6) is -2.21. The standard InChI is InChI=1S/C10H13I.C6H4F2O3S/c1-10(2,3)8-4-6-9(11)7-5-8;7-4-1-2-6(5(8)3-4)12(9,10)11/h4-7H,1-3H3;1-3H,(H,9,10,11). The van der Waals surface area contributed by atoms with E-state index in [-0.39, 0.29) is 5.41 Å². The molecule has 0 unspecified atom stereocenters. The van der Waals surface area contributed by atoms with Gasteiger partial charge >= 0.3 is 0 Å². The van der Waals surface area contributed by atoms with Gasteiger partial charge in [-0.1, -0.05) is 32.9 Å². The van der Waals surface area contributed by atoms with Crippen molar-refractivity contribution in [2.45, 2.75) is 31.1 Å². The molecular weight excluding hydrogens is 437 g/mol. The molecule has 1 N–H and O–H groups in total. The summed E-state index contributed by atoms with van der Waals surface area (Å²) in [7, 11) is -4.59. The zero-order chi connectivity index (χ0) is 17.8. The van der Waals surface area contributed by atoms with Crippen molar-refractivity contribution in [1.29, 1.82) is 0 Å². The van der Waals surface area contributed by atoms with Gasteiger partial charge in [-0.3, -0.25) is 4.55 Å². The molecule has 0 amide bonds. The van der Waals surface area contributed by atoms with Gasteiger partial charge in [0.2, 0.25) is 0 Å². The van der Waals surface area contributed by atoms with Crippen LogP contribution in [0, 0.1) is 15.2 Å². The van der Waals surface area contributed by atoms with Crippen molar-refractivity contribution in [1.82, 2.24) is 0 Å². The third-order valence-electron chi connectivity index (χ3n) is 2.88. The first-order valence-electron chi connectivity index (χ1n) is 6.60. The van der Waals surface area contributed by atoms with E-state index in [1.54, 1.807) is 0 Å². The maximum atomic E-state index is 12.6. The molecule has 7 heteroatoms. The fourth-order valence-electron chi connectivity index (χ4n) is 1.63. The Morgan fingerprint density at radius 1 is 1.00 bits per heavy atom. The maximum absolute atomic E-state index is 12.6. The van der Waals surface area contributed by atoms with Gasteiger partial charge in [-0.05, 0) is 57.8 Å². The first-order valence-corrected chi connectivity index (χ1v) is 9.12. The van der Waals surface area contributed by atoms with Gasteiger partial charge in [-0.2, -0.15) is 8.42 Å². The molecule has 0 spiro atoms. The van der Waals surface area contributed by atoms with Crippen molar-refractivity contribution in [3.63, 3.8) is 0 Å². The minimum Gasteiger partial charge on any atom is -0.282 e. The highest BCUT2D eigenvalue weighted by molar-refractivity contribution is 14.1. The third-order valence-corrected chi connectivity index (χ3v) is 4.49. The molecule has 0 fully saturated rings. The van der Waals surface area contributed by atoms with Gasteiger partial charge < -0.3 is 0 Å². The Balaban J connectivity index is 0.000000231. The van der Waals surface area contributed by atoms with Crippen LogP contribution in [0.2, 0.25) is 0 Å². The van der Waals surface area contributed by atoms with Crippen molar-refractivity contribution in [3.8, 4) is 0 Å². The van der Waals surface area contributed by atoms with Crippen LogP contribution >= 0.6 is 22.6 Å². The molecule has 0 radical (unpaired) electrons. The van der Waals surface area contributed by atoms with Gasteiger partial charge in [0.1, 0.15) is 16.5 Å². The predicted octanol–water partition coefficient (Wildman–Crippen LogP) is 4.80. The second-order valence-electron chi connectivity index (χ2n) is 5.81. The third kappa shape index (κ3) is 6.52. The minimum absolute atomic E-state index is 0.282. The van der Waals surface area contributed by atoms with Crippen LogP contribution in [0.1, 0.15) is 26.3 Å². The molecular formula is C16H17F2IO3S. The molecule has 0 aliphatic heterocycles. The van der Waals surface area contributed by atoms with E-state index in [4.69, 9.17) is 4.55 Å². The van der Waals surface area contributed by atoms with E-state index in [0.29, 0.717) is 12.1 Å². The maximum Gasteiger partial charge on any atom is 0.297 e. The SMILES string of the molecule is CC(C)(C)c1ccc(I)cc1.O=S(=O)(O)c1ccc(F)cc1F. The Kier molecular flexibility index (Phi) is 6.67. The highest BCUT2D eigenvalue weighted by Gasteiger charge is 2.15. The lowest BCUT2D eigenvalue weighted by Crippen LogP contribution is -2.10. The molecule has 126 valence electrons. The second-order valence-corrected chi connectivity index (χ2v) is 8.44. The zero-order valence-corrected chi connectivity index (χ0v) is 15.8. The summed E-state index contributed by atoms with van der Waals surface area (Å²) in [5, 5.41) is 0. The summed E-state index contributed by atoms with van der Waals surface area (Å²) < 4.78 is 55.2. The van der Waals surface area contributed by atoms with Gasteiger partial charge in [0.25, 0.3) is 10.1 Å². The molecule has 0 heterocycles. The van der Waals surface area contributed by atoms with Crippen LogP contribution in [-0.2, 0) is 15.5 Å². The largest absolute Gasteiger partial charge is 0.297 e. The van der Waals surface area contributed by atoms with Crippen molar-refractivity contribution < 1.29 is 21.8 Å². The molecule has 0 aliphatic rings. The van der Waals surface area contributed by atoms with Crippen LogP contribution in [0.5, 0.6) is 0 Å². The Morgan fingerprint density at radius 3 is 1.91 bits per heavy atom. The zero-order valence-electron chi connectivity index (χ0n) is 12.8. The van der Waals surface area contributed by atoms with Gasteiger partial charge in [0, 0.05) is 9.64 Å². The predicted molar refractivity (Wildman–Crippen MR) is 94.0 cm³/mol. The number of hydrogen-bond acceptors (Lipinski definition) is 2. The molecule has 0 atom stereocenters. The van der Waals surface area contributed by atoms with Crippen molar-refractivity contribution in [2.24, 2.45) is 0 Å². The topological polar surface area (TPSA) is 54.4 Å². The van der Waals surface area contributed by atoms with Crippen molar-refractivity contribution in [3.05, 3.63) is 63.2 Å². The lowest BCUT2D eigenvalue weighted by atomic mass is 9.87. The summed E-state index contributed by atoms with van der Waals surface area (Å²) >= 11 is 2.32. The molecule has 0 aliphatic carbocycles. The Morgan fingerprint density at radius 2 is 1.52 bits per heavy atom. The van der Waals surface area contributed by atoms with Gasteiger partial charge in [-0.15, -0.1) is 0 Å². The van der Waals surface area contributed by atoms with Crippen LogP contribution in [0.25, 0.3) is 0 Å². The fourth-order valence-corrected chi connectivity index (χ4v) is 2.54. The van der Waals surface area contributed by atoms with Crippen LogP contribution in [-0.4, -0.2) is 13.0 Å². The molecule has 0 saturated heterocycles. The molecule has 2 aromatic rings. The quantitative estimate of drug-likeness (QED) is 0.498. The van der Waals surface area contributed by atoms with Gasteiger partial charge in [0.15, 0.2) is 0 Å². The lowest BCUT2D eigenvalue weighted by Gasteiger charge is -2.18. The van der Waals surface area contributed by atoms with Crippen LogP contribution in [0.15, 0.2) is 47.4 Å². The van der Waals surface area contributed by atoms with E-state index in [9.17, 15) is 17.2 Å². The van der Waals surface area contributed by atoms with E-state index < -0.39 is 26.6 Å². The summed E-state index contributed by atoms with van der Waals surface area (Å²) in [6, 6.07) is 10.5. The van der Waals surface area contributed by atoms with Gasteiger partial charge in [-0.25, -0.2) is 8.78 Å². The normalized spacial score (nSPS) is 11.6. The first-order chi connectivity index (χ1) is 10.4. The van der Waals surface area contributed by atoms with Crippen LogP contribution in [0.4, 0.5) is 8.78 Å². The van der Waals surface area contributed by atoms with Crippen molar-refractivity contribution >= 4 is 32.7 Å². The van der Waals surface area contributed by atoms with Gasteiger partial charge in [0.05, 0.1) is 0 Å². The number of hydrogen-bond donors (Lipinski definition) is 1. The smallest absolute Gasteiger partial charge is 0.282 e. The minimum atomic E-state index is -4.59. The average molecular weight is 454 g/mol. The highest BCUT2D eigenvalue weighted by atomic mass is 127. The lowest BCUT2D eigenvalue weighted by molar-refractivity contribution is 0.471. The molecule has 0 saturated carbocycles. The monoisotopic (exact) mass is 454 g/mol. The number of rotatable bonds is 1. The molecule has 2 rings (SSSR count).